The van der Waals surface area contributed by atoms with Crippen LogP contribution in [0.15, 0.2) is 23.3 Å². The van der Waals surface area contributed by atoms with Crippen molar-refractivity contribution in [1.29, 1.82) is 0 Å². The van der Waals surface area contributed by atoms with E-state index in [9.17, 15) is 0 Å². The lowest BCUT2D eigenvalue weighted by Gasteiger charge is -2.07. The van der Waals surface area contributed by atoms with Crippen LogP contribution in [0.25, 0.3) is 0 Å². The third-order valence-corrected chi connectivity index (χ3v) is 2.54. The molecule has 1 heteroatoms. The fourth-order valence-electron chi connectivity index (χ4n) is 1.93. The molecule has 0 spiro atoms. The van der Waals surface area contributed by atoms with Gasteiger partial charge in [-0.05, 0) is 25.3 Å². The quantitative estimate of drug-likeness (QED) is 0.575. The Balaban J connectivity index is 2.30. The summed E-state index contributed by atoms with van der Waals surface area (Å²) >= 11 is 5.76. The zero-order chi connectivity index (χ0) is 8.97. The van der Waals surface area contributed by atoms with Crippen molar-refractivity contribution in [2.24, 2.45) is 5.92 Å². The van der Waals surface area contributed by atoms with Gasteiger partial charge in [0.1, 0.15) is 0 Å². The molecule has 0 heterocycles. The van der Waals surface area contributed by atoms with Crippen LogP contribution in [0.3, 0.4) is 0 Å². The van der Waals surface area contributed by atoms with Gasteiger partial charge in [0, 0.05) is 5.03 Å². The Kier molecular flexibility index (Phi) is 3.87. The van der Waals surface area contributed by atoms with Crippen LogP contribution in [0.1, 0.15) is 39.0 Å². The maximum atomic E-state index is 5.76. The summed E-state index contributed by atoms with van der Waals surface area (Å²) in [6.45, 7) is 5.90. The summed E-state index contributed by atoms with van der Waals surface area (Å²) < 4.78 is 0. The minimum Gasteiger partial charge on any atom is -0.0958 e. The second-order valence-corrected chi connectivity index (χ2v) is 4.34. The van der Waals surface area contributed by atoms with Crippen LogP contribution >= 0.6 is 11.6 Å². The van der Waals surface area contributed by atoms with E-state index in [1.54, 1.807) is 0 Å². The van der Waals surface area contributed by atoms with Crippen molar-refractivity contribution in [3.05, 3.63) is 23.3 Å². The summed E-state index contributed by atoms with van der Waals surface area (Å²) in [5, 5.41) is 0.845. The highest BCUT2D eigenvalue weighted by Gasteiger charge is 2.14. The van der Waals surface area contributed by atoms with E-state index >= 15 is 0 Å². The first-order valence-corrected chi connectivity index (χ1v) is 5.08. The van der Waals surface area contributed by atoms with Crippen molar-refractivity contribution in [3.63, 3.8) is 0 Å². The largest absolute Gasteiger partial charge is 0.0958 e. The number of halogens is 1. The van der Waals surface area contributed by atoms with Crippen LogP contribution in [0.5, 0.6) is 0 Å². The molecule has 0 nitrogen and oxygen atoms in total. The highest BCUT2D eigenvalue weighted by Crippen LogP contribution is 2.30. The first-order valence-electron chi connectivity index (χ1n) is 4.70. The zero-order valence-electron chi connectivity index (χ0n) is 7.78. The molecule has 0 N–H and O–H groups in total. The molecule has 0 bridgehead atoms. The van der Waals surface area contributed by atoms with Gasteiger partial charge in [0.2, 0.25) is 0 Å². The molecular formula is C11H17Cl. The molecule has 0 saturated heterocycles. The van der Waals surface area contributed by atoms with Gasteiger partial charge >= 0.3 is 0 Å². The van der Waals surface area contributed by atoms with Crippen molar-refractivity contribution in [3.8, 4) is 0 Å². The molecule has 0 aromatic carbocycles. The van der Waals surface area contributed by atoms with E-state index in [4.69, 9.17) is 11.6 Å². The van der Waals surface area contributed by atoms with Crippen LogP contribution in [0.4, 0.5) is 0 Å². The molecule has 1 aliphatic carbocycles. The summed E-state index contributed by atoms with van der Waals surface area (Å²) in [4.78, 5) is 0. The Bertz CT molecular complexity index is 181. The second kappa shape index (κ2) is 4.71. The van der Waals surface area contributed by atoms with Crippen molar-refractivity contribution < 1.29 is 0 Å². The Hall–Kier alpha value is -0.230. The summed E-state index contributed by atoms with van der Waals surface area (Å²) in [6, 6.07) is 0. The van der Waals surface area contributed by atoms with Gasteiger partial charge in [0.25, 0.3) is 0 Å². The van der Waals surface area contributed by atoms with Crippen LogP contribution in [0.2, 0.25) is 0 Å². The summed E-state index contributed by atoms with van der Waals surface area (Å²) in [5.74, 6) is 0.879. The predicted molar refractivity (Wildman–Crippen MR) is 55.3 cm³/mol. The maximum absolute atomic E-state index is 5.76. The molecule has 0 amide bonds. The minimum atomic E-state index is 0.845. The molecule has 68 valence electrons. The fourth-order valence-corrected chi connectivity index (χ4v) is 2.08. The van der Waals surface area contributed by atoms with Crippen LogP contribution < -0.4 is 0 Å². The van der Waals surface area contributed by atoms with Gasteiger partial charge in [0.15, 0.2) is 0 Å². The molecule has 0 aromatic rings. The lowest BCUT2D eigenvalue weighted by Crippen LogP contribution is -1.93. The molecule has 0 atom stereocenters. The molecule has 0 radical (unpaired) electrons. The summed E-state index contributed by atoms with van der Waals surface area (Å²) in [5.41, 5.74) is 1.19. The topological polar surface area (TPSA) is 0 Å². The average molecular weight is 185 g/mol. The smallest absolute Gasteiger partial charge is 0.0152 e. The fraction of sp³-hybridized carbons (Fsp3) is 0.636. The predicted octanol–water partition coefficient (Wildman–Crippen LogP) is 4.27. The second-order valence-electron chi connectivity index (χ2n) is 3.74. The number of rotatable bonds is 3. The zero-order valence-corrected chi connectivity index (χ0v) is 8.53. The molecule has 1 rings (SSSR count). The third-order valence-electron chi connectivity index (χ3n) is 2.43. The Morgan fingerprint density at radius 3 is 2.58 bits per heavy atom. The normalized spacial score (nSPS) is 20.0. The van der Waals surface area contributed by atoms with E-state index in [1.807, 2.05) is 13.0 Å². The third kappa shape index (κ3) is 3.44. The minimum absolute atomic E-state index is 0.845. The van der Waals surface area contributed by atoms with E-state index < -0.39 is 0 Å². The molecule has 0 unspecified atom stereocenters. The molecule has 12 heavy (non-hydrogen) atoms. The van der Waals surface area contributed by atoms with Crippen molar-refractivity contribution in [2.75, 3.05) is 0 Å². The maximum Gasteiger partial charge on any atom is 0.0152 e. The van der Waals surface area contributed by atoms with E-state index in [0.29, 0.717) is 0 Å². The molecule has 1 aliphatic rings. The van der Waals surface area contributed by atoms with Crippen molar-refractivity contribution >= 4 is 11.6 Å². The van der Waals surface area contributed by atoms with Gasteiger partial charge in [-0.3, -0.25) is 0 Å². The first-order chi connectivity index (χ1) is 5.68. The highest BCUT2D eigenvalue weighted by molar-refractivity contribution is 6.29. The molecule has 0 aromatic heterocycles. The monoisotopic (exact) mass is 184 g/mol. The Morgan fingerprint density at radius 2 is 2.08 bits per heavy atom. The van der Waals surface area contributed by atoms with Crippen molar-refractivity contribution in [2.45, 2.75) is 39.0 Å². The SMILES string of the molecule is C=C(/C=C(\C)Cl)CC1CCCC1. The number of hydrogen-bond acceptors (Lipinski definition) is 0. The van der Waals surface area contributed by atoms with E-state index in [0.717, 1.165) is 17.4 Å². The average Bonchev–Trinajstić information content (AvgIpc) is 2.37. The standard InChI is InChI=1S/C11H17Cl/c1-9(7-10(2)12)8-11-5-3-4-6-11/h7,11H,1,3-6,8H2,2H3/b10-7+. The number of allylic oxidation sites excluding steroid dienone is 3. The van der Waals surface area contributed by atoms with E-state index in [2.05, 4.69) is 6.58 Å². The lowest BCUT2D eigenvalue weighted by atomic mass is 9.99. The van der Waals surface area contributed by atoms with Gasteiger partial charge in [0.05, 0.1) is 0 Å². The lowest BCUT2D eigenvalue weighted by molar-refractivity contribution is 0.549. The van der Waals surface area contributed by atoms with Gasteiger partial charge in [-0.15, -0.1) is 0 Å². The van der Waals surface area contributed by atoms with E-state index in [1.165, 1.54) is 31.3 Å². The molecule has 1 saturated carbocycles. The van der Waals surface area contributed by atoms with Crippen LogP contribution in [-0.4, -0.2) is 0 Å². The van der Waals surface area contributed by atoms with E-state index in [-0.39, 0.29) is 0 Å². The van der Waals surface area contributed by atoms with Crippen LogP contribution in [0, 0.1) is 5.92 Å². The molecular weight excluding hydrogens is 168 g/mol. The van der Waals surface area contributed by atoms with Crippen LogP contribution in [-0.2, 0) is 0 Å². The van der Waals surface area contributed by atoms with Gasteiger partial charge in [-0.2, -0.15) is 0 Å². The van der Waals surface area contributed by atoms with Gasteiger partial charge in [-0.1, -0.05) is 49.4 Å². The first kappa shape index (κ1) is 9.85. The summed E-state index contributed by atoms with van der Waals surface area (Å²) in [6.07, 6.45) is 8.70. The summed E-state index contributed by atoms with van der Waals surface area (Å²) in [7, 11) is 0. The Labute approximate surface area is 80.3 Å². The Morgan fingerprint density at radius 1 is 1.50 bits per heavy atom. The molecule has 0 aliphatic heterocycles. The number of hydrogen-bond donors (Lipinski definition) is 0. The van der Waals surface area contributed by atoms with Gasteiger partial charge < -0.3 is 0 Å². The van der Waals surface area contributed by atoms with Crippen molar-refractivity contribution in [1.82, 2.24) is 0 Å². The van der Waals surface area contributed by atoms with Gasteiger partial charge in [-0.25, -0.2) is 0 Å². The highest BCUT2D eigenvalue weighted by atomic mass is 35.5. The molecule has 1 fully saturated rings.